The van der Waals surface area contributed by atoms with E-state index < -0.39 is 0 Å². The molecule has 0 aliphatic heterocycles. The third kappa shape index (κ3) is 4.15. The molecule has 0 aliphatic carbocycles. The van der Waals surface area contributed by atoms with Gasteiger partial charge in [0.05, 0.1) is 11.4 Å². The fraction of sp³-hybridized carbons (Fsp3) is 0.462. The van der Waals surface area contributed by atoms with Crippen molar-refractivity contribution in [2.24, 2.45) is 10.7 Å². The average Bonchev–Trinajstić information content (AvgIpc) is 2.13. The van der Waals surface area contributed by atoms with E-state index in [1.807, 2.05) is 41.5 Å². The van der Waals surface area contributed by atoms with E-state index in [4.69, 9.17) is 5.73 Å². The van der Waals surface area contributed by atoms with Crippen molar-refractivity contribution in [2.45, 2.75) is 41.5 Å². The van der Waals surface area contributed by atoms with Gasteiger partial charge in [-0.2, -0.15) is 0 Å². The number of aliphatic imine (C=N–C) groups is 1. The van der Waals surface area contributed by atoms with Gasteiger partial charge in [0.15, 0.2) is 0 Å². The molecule has 0 aliphatic rings. The molecule has 84 valence electrons. The lowest BCUT2D eigenvalue weighted by Crippen LogP contribution is -2.04. The van der Waals surface area contributed by atoms with Crippen molar-refractivity contribution in [1.29, 1.82) is 0 Å². The number of hydrogen-bond donors (Lipinski definition) is 1. The van der Waals surface area contributed by atoms with Crippen molar-refractivity contribution >= 4 is 5.71 Å². The zero-order valence-electron chi connectivity index (χ0n) is 10.7. The lowest BCUT2D eigenvalue weighted by atomic mass is 10.0. The molecule has 2 N–H and O–H groups in total. The summed E-state index contributed by atoms with van der Waals surface area (Å²) in [5.74, 6) is 0. The molecule has 0 atom stereocenters. The van der Waals surface area contributed by atoms with Crippen LogP contribution in [0.15, 0.2) is 39.7 Å². The van der Waals surface area contributed by atoms with E-state index in [0.29, 0.717) is 0 Å². The van der Waals surface area contributed by atoms with Crippen LogP contribution in [-0.2, 0) is 0 Å². The minimum atomic E-state index is 0.747. The highest BCUT2D eigenvalue weighted by molar-refractivity contribution is 5.80. The Morgan fingerprint density at radius 3 is 1.73 bits per heavy atom. The zero-order chi connectivity index (χ0) is 12.2. The summed E-state index contributed by atoms with van der Waals surface area (Å²) in [6.45, 7) is 15.8. The van der Waals surface area contributed by atoms with Gasteiger partial charge in [0.1, 0.15) is 0 Å². The van der Waals surface area contributed by atoms with Crippen molar-refractivity contribution in [1.82, 2.24) is 0 Å². The molecule has 15 heavy (non-hydrogen) atoms. The van der Waals surface area contributed by atoms with Gasteiger partial charge in [-0.05, 0) is 52.7 Å². The molecule has 2 heteroatoms. The highest BCUT2D eigenvalue weighted by Gasteiger charge is 2.04. The van der Waals surface area contributed by atoms with Crippen LogP contribution in [0.3, 0.4) is 0 Å². The van der Waals surface area contributed by atoms with Gasteiger partial charge >= 0.3 is 0 Å². The number of hydrogen-bond acceptors (Lipinski definition) is 2. The molecule has 0 rings (SSSR count). The third-order valence-electron chi connectivity index (χ3n) is 2.39. The fourth-order valence-electron chi connectivity index (χ4n) is 1.19. The Kier molecular flexibility index (Phi) is 5.06. The molecule has 0 fully saturated rings. The van der Waals surface area contributed by atoms with Crippen LogP contribution in [-0.4, -0.2) is 5.71 Å². The Morgan fingerprint density at radius 2 is 1.40 bits per heavy atom. The Labute approximate surface area is 93.3 Å². The maximum atomic E-state index is 6.02. The zero-order valence-corrected chi connectivity index (χ0v) is 10.7. The van der Waals surface area contributed by atoms with Gasteiger partial charge in [-0.1, -0.05) is 12.2 Å². The maximum Gasteiger partial charge on any atom is 0.0603 e. The molecule has 0 saturated carbocycles. The first-order chi connectivity index (χ1) is 6.77. The van der Waals surface area contributed by atoms with Gasteiger partial charge in [0, 0.05) is 5.71 Å². The van der Waals surface area contributed by atoms with Crippen LogP contribution < -0.4 is 5.73 Å². The Bertz CT molecular complexity index is 351. The van der Waals surface area contributed by atoms with Crippen LogP contribution in [0, 0.1) is 0 Å². The molecular weight excluding hydrogens is 184 g/mol. The predicted molar refractivity (Wildman–Crippen MR) is 68.9 cm³/mol. The van der Waals surface area contributed by atoms with Crippen molar-refractivity contribution in [3.8, 4) is 0 Å². The van der Waals surface area contributed by atoms with Gasteiger partial charge < -0.3 is 5.73 Å². The van der Waals surface area contributed by atoms with Crippen molar-refractivity contribution in [2.75, 3.05) is 0 Å². The second-order valence-corrected chi connectivity index (χ2v) is 4.09. The van der Waals surface area contributed by atoms with Crippen LogP contribution >= 0.6 is 0 Å². The second kappa shape index (κ2) is 5.54. The van der Waals surface area contributed by atoms with Crippen molar-refractivity contribution < 1.29 is 0 Å². The van der Waals surface area contributed by atoms with Crippen LogP contribution in [0.4, 0.5) is 0 Å². The minimum Gasteiger partial charge on any atom is -0.397 e. The minimum absolute atomic E-state index is 0.747. The van der Waals surface area contributed by atoms with Crippen molar-refractivity contribution in [3.05, 3.63) is 34.7 Å². The first kappa shape index (κ1) is 13.7. The van der Waals surface area contributed by atoms with Gasteiger partial charge in [-0.3, -0.25) is 4.99 Å². The summed E-state index contributed by atoms with van der Waals surface area (Å²) in [5.41, 5.74) is 11.9. The molecule has 0 radical (unpaired) electrons. The van der Waals surface area contributed by atoms with Gasteiger partial charge in [0.25, 0.3) is 0 Å². The molecule has 2 nitrogen and oxygen atoms in total. The van der Waals surface area contributed by atoms with Gasteiger partial charge in [-0.15, -0.1) is 0 Å². The lowest BCUT2D eigenvalue weighted by Gasteiger charge is -2.09. The van der Waals surface area contributed by atoms with Gasteiger partial charge in [0.2, 0.25) is 0 Å². The summed E-state index contributed by atoms with van der Waals surface area (Å²) in [5, 5.41) is 0. The molecule has 0 unspecified atom stereocenters. The van der Waals surface area contributed by atoms with E-state index in [2.05, 4.69) is 11.6 Å². The lowest BCUT2D eigenvalue weighted by molar-refractivity contribution is 1.12. The maximum absolute atomic E-state index is 6.02. The van der Waals surface area contributed by atoms with Crippen molar-refractivity contribution in [3.63, 3.8) is 0 Å². The Morgan fingerprint density at radius 1 is 0.933 bits per heavy atom. The standard InChI is InChI=1S/C13H22N2/c1-8(2)10(5)11(6)13(14)12(7)15-9(3)4/h1,14H2,2-7H3/b11-10+,13-12+. The predicted octanol–water partition coefficient (Wildman–Crippen LogP) is 3.57. The SMILES string of the molecule is C=C(C)/C(C)=C(C)/C(N)=C(/C)N=C(C)C. The van der Waals surface area contributed by atoms with Gasteiger partial charge in [-0.25, -0.2) is 0 Å². The summed E-state index contributed by atoms with van der Waals surface area (Å²) in [6.07, 6.45) is 0. The molecule has 0 saturated heterocycles. The molecule has 0 heterocycles. The summed E-state index contributed by atoms with van der Waals surface area (Å²) in [7, 11) is 0. The van der Waals surface area contributed by atoms with E-state index in [9.17, 15) is 0 Å². The highest BCUT2D eigenvalue weighted by Crippen LogP contribution is 2.18. The summed E-state index contributed by atoms with van der Waals surface area (Å²) >= 11 is 0. The number of rotatable bonds is 3. The van der Waals surface area contributed by atoms with Crippen LogP contribution in [0.1, 0.15) is 41.5 Å². The number of nitrogens with two attached hydrogens (primary N) is 1. The summed E-state index contributed by atoms with van der Waals surface area (Å²) < 4.78 is 0. The smallest absolute Gasteiger partial charge is 0.0603 e. The van der Waals surface area contributed by atoms with Crippen LogP contribution in [0.5, 0.6) is 0 Å². The summed E-state index contributed by atoms with van der Waals surface area (Å²) in [4.78, 5) is 4.35. The van der Waals surface area contributed by atoms with Crippen LogP contribution in [0.25, 0.3) is 0 Å². The molecular formula is C13H22N2. The van der Waals surface area contributed by atoms with E-state index >= 15 is 0 Å². The van der Waals surface area contributed by atoms with Crippen LogP contribution in [0.2, 0.25) is 0 Å². The molecule has 0 amide bonds. The first-order valence-corrected chi connectivity index (χ1v) is 5.09. The molecule has 0 spiro atoms. The third-order valence-corrected chi connectivity index (χ3v) is 2.39. The summed E-state index contributed by atoms with van der Waals surface area (Å²) in [6, 6.07) is 0. The first-order valence-electron chi connectivity index (χ1n) is 5.09. The number of nitrogens with zero attached hydrogens (tertiary/aromatic N) is 1. The number of allylic oxidation sites excluding steroid dienone is 4. The monoisotopic (exact) mass is 206 g/mol. The molecule has 0 aromatic heterocycles. The Balaban J connectivity index is 5.35. The topological polar surface area (TPSA) is 38.4 Å². The largest absolute Gasteiger partial charge is 0.397 e. The Hall–Kier alpha value is -1.31. The fourth-order valence-corrected chi connectivity index (χ4v) is 1.19. The highest BCUT2D eigenvalue weighted by atomic mass is 14.8. The molecule has 0 aromatic carbocycles. The quantitative estimate of drug-likeness (QED) is 0.556. The average molecular weight is 206 g/mol. The second-order valence-electron chi connectivity index (χ2n) is 4.09. The van der Waals surface area contributed by atoms with E-state index in [1.165, 1.54) is 0 Å². The normalized spacial score (nSPS) is 14.0. The van der Waals surface area contributed by atoms with E-state index in [-0.39, 0.29) is 0 Å². The molecule has 0 aromatic rings. The van der Waals surface area contributed by atoms with E-state index in [0.717, 1.165) is 33.8 Å². The molecule has 0 bridgehead atoms. The van der Waals surface area contributed by atoms with E-state index in [1.54, 1.807) is 0 Å².